The van der Waals surface area contributed by atoms with Crippen LogP contribution in [0.5, 0.6) is 46.0 Å². The number of urea groups is 1. The minimum atomic E-state index is -2.41. The SMILES string of the molecule is CCCCCCNC(=O)NC(=O)C[C@@H]1NC(=O)[C@H](NC(=O)[C@@H](CC(C)C)N(C)C(=O)OC(C)(C)C)[C@H](O)c2ccc(c(C)c2)Oc2cc3cc(c2O[C@@H]2O[C@H](CNC(=O)OC(C)(C)C)[C@@H](O)[C@H](O)[C@H]2O)Oc2ccc(cc2Cl)[C@@H](O)[C@@H]2NC(=O)[C@H](NC(=O)C3NC1=O)c1ccc(O)c(c1)-c1c(O)cc(O)cc1[C@@H](C(=O)NC1C3CC4CC(C3)CC1C4)NC2=O. The molecule has 4 saturated carbocycles. The van der Waals surface area contributed by atoms with Crippen molar-refractivity contribution in [2.45, 2.75) is 242 Å². The first-order chi connectivity index (χ1) is 58.5. The predicted octanol–water partition coefficient (Wildman–Crippen LogP) is 6.48. The Balaban J connectivity index is 1.06. The summed E-state index contributed by atoms with van der Waals surface area (Å²) in [5, 5.41) is 122. The molecular weight excluding hydrogens is 1630 g/mol. The number of aryl methyl sites for hydroxylation is 1. The summed E-state index contributed by atoms with van der Waals surface area (Å²) >= 11 is 7.24. The number of hydrogen-bond acceptors (Lipinski definition) is 25. The number of aliphatic hydroxyl groups is 5. The highest BCUT2D eigenvalue weighted by Gasteiger charge is 2.52. The summed E-state index contributed by atoms with van der Waals surface area (Å²) < 4.78 is 37.3. The average Bonchev–Trinajstić information content (AvgIpc) is 0.746. The van der Waals surface area contributed by atoms with Crippen LogP contribution in [0.3, 0.4) is 0 Å². The van der Waals surface area contributed by atoms with Crippen LogP contribution < -0.4 is 67.4 Å². The highest BCUT2D eigenvalue weighted by molar-refractivity contribution is 6.32. The number of hydrogen-bond donors (Lipinski definition) is 18. The molecule has 0 radical (unpaired) electrons. The van der Waals surface area contributed by atoms with Crippen LogP contribution in [0.25, 0.3) is 11.1 Å². The largest absolute Gasteiger partial charge is 0.508 e. The predicted molar refractivity (Wildman–Crippen MR) is 443 cm³/mol. The highest BCUT2D eigenvalue weighted by Crippen LogP contribution is 2.55. The molecular formula is C87H110ClN11O25. The summed E-state index contributed by atoms with van der Waals surface area (Å²) in [7, 11) is 1.28. The number of phenolic OH excluding ortho intramolecular Hbond substituents is 3. The molecule has 14 atom stereocenters. The van der Waals surface area contributed by atoms with Gasteiger partial charge >= 0.3 is 18.2 Å². The van der Waals surface area contributed by atoms with Gasteiger partial charge in [0.25, 0.3) is 0 Å². The van der Waals surface area contributed by atoms with Crippen molar-refractivity contribution in [3.8, 4) is 57.1 Å². The molecule has 5 aromatic carbocycles. The number of alkyl carbamates (subject to hydrolysis) is 1. The van der Waals surface area contributed by atoms with Crippen molar-refractivity contribution in [1.82, 2.24) is 58.1 Å². The number of imide groups is 1. The first-order valence-corrected chi connectivity index (χ1v) is 42.1. The van der Waals surface area contributed by atoms with Gasteiger partial charge in [-0.25, -0.2) is 14.4 Å². The minimum Gasteiger partial charge on any atom is -0.508 e. The summed E-state index contributed by atoms with van der Waals surface area (Å²) in [4.78, 5) is 167. The van der Waals surface area contributed by atoms with Crippen molar-refractivity contribution in [3.05, 3.63) is 117 Å². The van der Waals surface area contributed by atoms with E-state index in [1.807, 2.05) is 6.92 Å². The van der Waals surface area contributed by atoms with Gasteiger partial charge in [-0.1, -0.05) is 69.8 Å². The topological polar surface area (TPSA) is 529 Å². The quantitative estimate of drug-likeness (QED) is 0.0417. The highest BCUT2D eigenvalue weighted by atomic mass is 35.5. The molecule has 10 aliphatic rings. The van der Waals surface area contributed by atoms with Crippen LogP contribution in [0.4, 0.5) is 14.4 Å². The number of carbonyl (C=O) groups is 11. The Kier molecular flexibility index (Phi) is 28.2. The van der Waals surface area contributed by atoms with Crippen molar-refractivity contribution in [2.24, 2.45) is 29.6 Å². The van der Waals surface area contributed by atoms with Crippen LogP contribution in [0, 0.1) is 36.5 Å². The molecule has 6 heterocycles. The lowest BCUT2D eigenvalue weighted by molar-refractivity contribution is -0.270. The number of fused-ring (bicyclic) bond motifs is 15. The zero-order valence-corrected chi connectivity index (χ0v) is 71.3. The van der Waals surface area contributed by atoms with Gasteiger partial charge in [-0.2, -0.15) is 0 Å². The van der Waals surface area contributed by atoms with E-state index in [1.165, 1.54) is 44.3 Å². The molecule has 1 unspecified atom stereocenters. The van der Waals surface area contributed by atoms with Gasteiger partial charge < -0.3 is 117 Å². The van der Waals surface area contributed by atoms with Crippen molar-refractivity contribution in [3.63, 3.8) is 0 Å². The molecule has 15 bridgehead atoms. The first kappa shape index (κ1) is 91.9. The molecule has 15 rings (SSSR count). The maximum absolute atomic E-state index is 16.6. The molecule has 6 aliphatic heterocycles. The molecule has 12 amide bonds. The summed E-state index contributed by atoms with van der Waals surface area (Å²) in [5.74, 6) is -13.9. The van der Waals surface area contributed by atoms with E-state index in [0.717, 1.165) is 98.4 Å². The smallest absolute Gasteiger partial charge is 0.410 e. The molecule has 18 N–H and O–H groups in total. The maximum atomic E-state index is 16.6. The number of aliphatic hydroxyl groups excluding tert-OH is 5. The molecule has 37 heteroatoms. The van der Waals surface area contributed by atoms with E-state index >= 15 is 33.6 Å². The van der Waals surface area contributed by atoms with Crippen LogP contribution >= 0.6 is 11.6 Å². The normalized spacial score (nSPS) is 26.9. The van der Waals surface area contributed by atoms with Gasteiger partial charge in [-0.15, -0.1) is 0 Å². The van der Waals surface area contributed by atoms with Crippen molar-refractivity contribution in [1.29, 1.82) is 0 Å². The number of benzene rings is 5. The van der Waals surface area contributed by atoms with Gasteiger partial charge in [0, 0.05) is 43.4 Å². The number of carbonyl (C=O) groups excluding carboxylic acids is 11. The third-order valence-corrected chi connectivity index (χ3v) is 23.5. The van der Waals surface area contributed by atoms with E-state index < -0.39 is 226 Å². The van der Waals surface area contributed by atoms with E-state index in [1.54, 1.807) is 55.4 Å². The van der Waals surface area contributed by atoms with E-state index in [0.29, 0.717) is 24.7 Å². The lowest BCUT2D eigenvalue weighted by Crippen LogP contribution is -2.61. The zero-order valence-electron chi connectivity index (χ0n) is 70.6. The van der Waals surface area contributed by atoms with E-state index in [2.05, 4.69) is 53.2 Å². The Morgan fingerprint density at radius 2 is 1.24 bits per heavy atom. The van der Waals surface area contributed by atoms with E-state index in [9.17, 15) is 60.0 Å². The number of aromatic hydroxyl groups is 3. The third-order valence-electron chi connectivity index (χ3n) is 23.2. The molecule has 670 valence electrons. The van der Waals surface area contributed by atoms with Crippen LogP contribution in [0.15, 0.2) is 78.9 Å². The maximum Gasteiger partial charge on any atom is 0.410 e. The number of rotatable bonds is 18. The summed E-state index contributed by atoms with van der Waals surface area (Å²) in [6.45, 7) is 16.0. The van der Waals surface area contributed by atoms with Gasteiger partial charge in [-0.3, -0.25) is 48.6 Å². The molecule has 0 spiro atoms. The standard InChI is InChI=1S/C87H110ClN11O25/c1-12-13-14-15-22-89-83(116)92-61(103)36-52-75(109)94-65-47-32-58(119-56-20-17-43(24-39(56)4)69(104)67(80(114)91-52)97-76(110)53(23-38(2)3)99(11)85(118)124-87(8,9)10)74(122-82-73(108)72(107)71(106)60(121-82)37-90-84(117)123-86(5,6)7)59(33-47)120-57-21-18-44(31-51(57)88)70(105)68-81(115)96-66(79(113)93-63-45-26-40-25-41(28-45)29-46(63)27-40)50-34-48(100)35-55(102)62(50)49-30-42(16-19-54(49)101)64(77(111)98-68)95-78(65)112/h16-21,24,30-35,38,40-41,45-46,52-53,60,63-73,82,100-102,104-108H,12-15,22-23,25-29,36-37H2,1-11H3,(H,90,117)(H,91,114)(H,93,113)(H,94,109)(H,95,112)(H,96,115)(H,97,110)(H,98,111)(H2,89,92,103,116)/t40?,41?,45?,46?,52-,53+,60+,63?,64+,65?,66-,67+,68-,69+,70+,71+,72-,73+,82-/m0/s1. The Morgan fingerprint density at radius 1 is 0.621 bits per heavy atom. The minimum absolute atomic E-state index is 0.0553. The number of nitrogens with zero attached hydrogens (tertiary/aromatic N) is 1. The lowest BCUT2D eigenvalue weighted by atomic mass is 9.54. The van der Waals surface area contributed by atoms with Crippen molar-refractivity contribution >= 4 is 77.1 Å². The Bertz CT molecular complexity index is 4890. The number of nitrogens with one attached hydrogen (secondary N) is 10. The van der Waals surface area contributed by atoms with Crippen LogP contribution in [0.2, 0.25) is 5.02 Å². The first-order valence-electron chi connectivity index (χ1n) is 41.7. The number of unbranched alkanes of at least 4 members (excludes halogenated alkanes) is 3. The summed E-state index contributed by atoms with van der Waals surface area (Å²) in [5.41, 5.74) is -4.18. The number of amides is 12. The number of phenols is 3. The fourth-order valence-corrected chi connectivity index (χ4v) is 17.6. The summed E-state index contributed by atoms with van der Waals surface area (Å²) in [6.07, 6.45) is -10.4. The van der Waals surface area contributed by atoms with Crippen LogP contribution in [-0.2, 0) is 52.6 Å². The van der Waals surface area contributed by atoms with Crippen molar-refractivity contribution in [2.75, 3.05) is 20.1 Å². The fraction of sp³-hybridized carbons (Fsp3) is 0.529. The van der Waals surface area contributed by atoms with Crippen molar-refractivity contribution < 1.29 is 122 Å². The monoisotopic (exact) mass is 1740 g/mol. The second-order valence-electron chi connectivity index (χ2n) is 35.5. The van der Waals surface area contributed by atoms with Gasteiger partial charge in [0.1, 0.15) is 119 Å². The Morgan fingerprint density at radius 3 is 1.88 bits per heavy atom. The van der Waals surface area contributed by atoms with E-state index in [4.69, 9.17) is 40.0 Å². The van der Waals surface area contributed by atoms with Gasteiger partial charge in [-0.05, 0) is 211 Å². The van der Waals surface area contributed by atoms with Gasteiger partial charge in [0.2, 0.25) is 59.3 Å². The molecule has 5 fully saturated rings. The van der Waals surface area contributed by atoms with Gasteiger partial charge in [0.15, 0.2) is 11.5 Å². The third kappa shape index (κ3) is 21.4. The van der Waals surface area contributed by atoms with Gasteiger partial charge in [0.05, 0.1) is 11.4 Å². The number of likely N-dealkylation sites (N-methyl/N-ethyl adjacent to an activating group) is 1. The molecule has 4 aliphatic carbocycles. The molecule has 5 aromatic rings. The fourth-order valence-electron chi connectivity index (χ4n) is 17.3. The van der Waals surface area contributed by atoms with Crippen LogP contribution in [0.1, 0.15) is 197 Å². The average molecular weight is 1750 g/mol. The molecule has 1 saturated heterocycles. The second kappa shape index (κ2) is 38.1. The number of ether oxygens (including phenoxy) is 6. The number of halogens is 1. The Labute approximate surface area is 720 Å². The van der Waals surface area contributed by atoms with Crippen LogP contribution in [-0.4, -0.2) is 203 Å². The zero-order chi connectivity index (χ0) is 90.0. The second-order valence-corrected chi connectivity index (χ2v) is 35.9. The summed E-state index contributed by atoms with van der Waals surface area (Å²) in [6, 6.07) is -1.37. The molecule has 36 nitrogen and oxygen atoms in total. The lowest BCUT2D eigenvalue weighted by Gasteiger charge is -2.54. The Hall–Kier alpha value is -11.3. The molecule has 124 heavy (non-hydrogen) atoms. The van der Waals surface area contributed by atoms with E-state index in [-0.39, 0.29) is 81.2 Å². The molecule has 0 aromatic heterocycles.